The number of carboxylic acid groups (broad SMARTS) is 1. The standard InChI is InChI=1S/C16H27NO4/c1-3-4-8-11-16(17-15(19)20,21-13(2)18)12-14-9-6-5-7-10-14/h3,14,17H,1,4-12H2,2H3,(H,19,20)/t16-/m0/s1. The molecule has 1 rings (SSSR count). The van der Waals surface area contributed by atoms with Crippen molar-refractivity contribution < 1.29 is 19.4 Å². The van der Waals surface area contributed by atoms with Gasteiger partial charge in [0.05, 0.1) is 0 Å². The lowest BCUT2D eigenvalue weighted by molar-refractivity contribution is -0.163. The fourth-order valence-corrected chi connectivity index (χ4v) is 3.19. The minimum Gasteiger partial charge on any atom is -0.465 e. The molecule has 1 aliphatic rings. The van der Waals surface area contributed by atoms with Crippen molar-refractivity contribution in [3.05, 3.63) is 12.7 Å². The molecule has 120 valence electrons. The molecule has 0 bridgehead atoms. The Kier molecular flexibility index (Phi) is 7.26. The van der Waals surface area contributed by atoms with Crippen LogP contribution in [0.2, 0.25) is 0 Å². The predicted molar refractivity (Wildman–Crippen MR) is 80.9 cm³/mol. The van der Waals surface area contributed by atoms with Gasteiger partial charge >= 0.3 is 12.1 Å². The van der Waals surface area contributed by atoms with Crippen LogP contribution in [-0.4, -0.2) is 22.9 Å². The number of rotatable bonds is 8. The average Bonchev–Trinajstić information content (AvgIpc) is 2.38. The Morgan fingerprint density at radius 1 is 1.38 bits per heavy atom. The zero-order chi connectivity index (χ0) is 15.7. The second-order valence-electron chi connectivity index (χ2n) is 5.91. The minimum absolute atomic E-state index is 0.411. The molecule has 1 fully saturated rings. The van der Waals surface area contributed by atoms with Crippen LogP contribution in [0.15, 0.2) is 12.7 Å². The first-order valence-corrected chi connectivity index (χ1v) is 7.79. The molecule has 0 aliphatic heterocycles. The summed E-state index contributed by atoms with van der Waals surface area (Å²) in [7, 11) is 0. The summed E-state index contributed by atoms with van der Waals surface area (Å²) >= 11 is 0. The molecule has 5 heteroatoms. The highest BCUT2D eigenvalue weighted by Gasteiger charge is 2.37. The highest BCUT2D eigenvalue weighted by Crippen LogP contribution is 2.34. The van der Waals surface area contributed by atoms with E-state index in [-0.39, 0.29) is 0 Å². The van der Waals surface area contributed by atoms with Gasteiger partial charge < -0.3 is 9.84 Å². The zero-order valence-electron chi connectivity index (χ0n) is 12.9. The third-order valence-electron chi connectivity index (χ3n) is 4.01. The number of hydrogen-bond acceptors (Lipinski definition) is 3. The SMILES string of the molecule is C=CCCC[C@](CC1CCCCC1)(NC(=O)O)OC(C)=O. The summed E-state index contributed by atoms with van der Waals surface area (Å²) in [5, 5.41) is 11.6. The summed E-state index contributed by atoms with van der Waals surface area (Å²) in [5.41, 5.74) is -1.09. The Balaban J connectivity index is 2.81. The lowest BCUT2D eigenvalue weighted by Gasteiger charge is -2.37. The lowest BCUT2D eigenvalue weighted by Crippen LogP contribution is -2.52. The molecule has 0 saturated heterocycles. The van der Waals surface area contributed by atoms with E-state index in [1.807, 2.05) is 0 Å². The van der Waals surface area contributed by atoms with Crippen LogP contribution >= 0.6 is 0 Å². The maximum atomic E-state index is 11.4. The van der Waals surface area contributed by atoms with Gasteiger partial charge in [0.15, 0.2) is 5.72 Å². The number of allylic oxidation sites excluding steroid dienone is 1. The van der Waals surface area contributed by atoms with Crippen LogP contribution < -0.4 is 5.32 Å². The lowest BCUT2D eigenvalue weighted by atomic mass is 9.82. The molecule has 1 aliphatic carbocycles. The Hall–Kier alpha value is -1.52. The maximum absolute atomic E-state index is 11.4. The third kappa shape index (κ3) is 6.65. The number of nitrogens with one attached hydrogen (secondary N) is 1. The van der Waals surface area contributed by atoms with Crippen LogP contribution in [0.25, 0.3) is 0 Å². The van der Waals surface area contributed by atoms with Crippen molar-refractivity contribution in [3.8, 4) is 0 Å². The van der Waals surface area contributed by atoms with Gasteiger partial charge in [0.2, 0.25) is 0 Å². The van der Waals surface area contributed by atoms with Crippen molar-refractivity contribution in [2.75, 3.05) is 0 Å². The first-order valence-electron chi connectivity index (χ1n) is 7.79. The van der Waals surface area contributed by atoms with Crippen molar-refractivity contribution in [3.63, 3.8) is 0 Å². The van der Waals surface area contributed by atoms with Crippen molar-refractivity contribution in [1.82, 2.24) is 5.32 Å². The fourth-order valence-electron chi connectivity index (χ4n) is 3.19. The molecule has 21 heavy (non-hydrogen) atoms. The smallest absolute Gasteiger partial charge is 0.407 e. The topological polar surface area (TPSA) is 75.6 Å². The van der Waals surface area contributed by atoms with Crippen molar-refractivity contribution >= 4 is 12.1 Å². The highest BCUT2D eigenvalue weighted by molar-refractivity contribution is 5.69. The number of amides is 1. The Labute approximate surface area is 126 Å². The van der Waals surface area contributed by atoms with E-state index in [0.29, 0.717) is 18.8 Å². The van der Waals surface area contributed by atoms with E-state index in [2.05, 4.69) is 11.9 Å². The van der Waals surface area contributed by atoms with E-state index in [1.165, 1.54) is 26.2 Å². The number of carbonyl (C=O) groups is 2. The fraction of sp³-hybridized carbons (Fsp3) is 0.750. The molecule has 2 N–H and O–H groups in total. The van der Waals surface area contributed by atoms with E-state index in [1.54, 1.807) is 6.08 Å². The maximum Gasteiger partial charge on any atom is 0.407 e. The summed E-state index contributed by atoms with van der Waals surface area (Å²) < 4.78 is 5.43. The van der Waals surface area contributed by atoms with Gasteiger partial charge in [-0.25, -0.2) is 4.79 Å². The predicted octanol–water partition coefficient (Wildman–Crippen LogP) is 3.84. The van der Waals surface area contributed by atoms with Gasteiger partial charge in [-0.2, -0.15) is 0 Å². The Bertz CT molecular complexity index is 345. The second kappa shape index (κ2) is 8.70. The number of hydrogen-bond donors (Lipinski definition) is 2. The molecule has 0 aromatic heterocycles. The molecule has 0 unspecified atom stereocenters. The first-order chi connectivity index (χ1) is 9.97. The quantitative estimate of drug-likeness (QED) is 0.309. The van der Waals surface area contributed by atoms with E-state index in [4.69, 9.17) is 9.84 Å². The van der Waals surface area contributed by atoms with Gasteiger partial charge in [-0.3, -0.25) is 10.1 Å². The average molecular weight is 297 g/mol. The molecule has 1 atom stereocenters. The summed E-state index contributed by atoms with van der Waals surface area (Å²) in [6.07, 6.45) is 8.93. The van der Waals surface area contributed by atoms with Crippen molar-refractivity contribution in [2.24, 2.45) is 5.92 Å². The molecular formula is C16H27NO4. The molecule has 1 saturated carbocycles. The van der Waals surface area contributed by atoms with Crippen LogP contribution in [-0.2, 0) is 9.53 Å². The molecule has 0 heterocycles. The summed E-state index contributed by atoms with van der Waals surface area (Å²) in [4.78, 5) is 22.6. The highest BCUT2D eigenvalue weighted by atomic mass is 16.6. The summed E-state index contributed by atoms with van der Waals surface area (Å²) in [6, 6.07) is 0. The molecular weight excluding hydrogens is 270 g/mol. The molecule has 1 amide bonds. The van der Waals surface area contributed by atoms with Gasteiger partial charge in [-0.15, -0.1) is 6.58 Å². The van der Waals surface area contributed by atoms with Gasteiger partial charge in [0, 0.05) is 19.8 Å². The van der Waals surface area contributed by atoms with E-state index in [0.717, 1.165) is 25.7 Å². The number of esters is 1. The van der Waals surface area contributed by atoms with Crippen LogP contribution in [0.5, 0.6) is 0 Å². The van der Waals surface area contributed by atoms with Crippen LogP contribution in [0, 0.1) is 5.92 Å². The summed E-state index contributed by atoms with van der Waals surface area (Å²) in [6.45, 7) is 5.00. The largest absolute Gasteiger partial charge is 0.465 e. The van der Waals surface area contributed by atoms with Crippen molar-refractivity contribution in [2.45, 2.75) is 70.4 Å². The molecule has 5 nitrogen and oxygen atoms in total. The number of ether oxygens (including phenoxy) is 1. The van der Waals surface area contributed by atoms with E-state index in [9.17, 15) is 9.59 Å². The molecule has 0 aromatic rings. The van der Waals surface area contributed by atoms with Gasteiger partial charge in [0.25, 0.3) is 0 Å². The van der Waals surface area contributed by atoms with Crippen molar-refractivity contribution in [1.29, 1.82) is 0 Å². The normalized spacial score (nSPS) is 18.5. The monoisotopic (exact) mass is 297 g/mol. The van der Waals surface area contributed by atoms with Crippen LogP contribution in [0.1, 0.15) is 64.7 Å². The van der Waals surface area contributed by atoms with Gasteiger partial charge in [-0.1, -0.05) is 38.2 Å². The number of unbranched alkanes of at least 4 members (excludes halogenated alkanes) is 1. The molecule has 0 aromatic carbocycles. The first kappa shape index (κ1) is 17.5. The van der Waals surface area contributed by atoms with Crippen LogP contribution in [0.4, 0.5) is 4.79 Å². The van der Waals surface area contributed by atoms with E-state index >= 15 is 0 Å². The Morgan fingerprint density at radius 2 is 2.05 bits per heavy atom. The van der Waals surface area contributed by atoms with Crippen LogP contribution in [0.3, 0.4) is 0 Å². The summed E-state index contributed by atoms with van der Waals surface area (Å²) in [5.74, 6) is -0.0353. The minimum atomic E-state index is -1.15. The Morgan fingerprint density at radius 3 is 2.57 bits per heavy atom. The molecule has 0 spiro atoms. The third-order valence-corrected chi connectivity index (χ3v) is 4.01. The zero-order valence-corrected chi connectivity index (χ0v) is 12.9. The number of carbonyl (C=O) groups excluding carboxylic acids is 1. The molecule has 0 radical (unpaired) electrons. The second-order valence-corrected chi connectivity index (χ2v) is 5.91. The van der Waals surface area contributed by atoms with E-state index < -0.39 is 17.8 Å². The van der Waals surface area contributed by atoms with Gasteiger partial charge in [0.1, 0.15) is 0 Å². The van der Waals surface area contributed by atoms with Gasteiger partial charge in [-0.05, 0) is 18.8 Å².